The second-order valence-electron chi connectivity index (χ2n) is 4.28. The van der Waals surface area contributed by atoms with Crippen molar-refractivity contribution in [3.63, 3.8) is 0 Å². The second kappa shape index (κ2) is 7.21. The molecule has 0 amide bonds. The first-order valence-corrected chi connectivity index (χ1v) is 7.32. The number of nitrogens with zero attached hydrogens (tertiary/aromatic N) is 2. The van der Waals surface area contributed by atoms with E-state index in [0.29, 0.717) is 5.88 Å². The molecule has 102 valence electrons. The van der Waals surface area contributed by atoms with Crippen molar-refractivity contribution in [3.8, 4) is 5.88 Å². The summed E-state index contributed by atoms with van der Waals surface area (Å²) in [6.07, 6.45) is 5.69. The van der Waals surface area contributed by atoms with Crippen LogP contribution in [0.5, 0.6) is 5.88 Å². The summed E-state index contributed by atoms with van der Waals surface area (Å²) in [6, 6.07) is 4.23. The minimum Gasteiger partial charge on any atom is -0.481 e. The maximum absolute atomic E-state index is 5.36. The minimum absolute atomic E-state index is 0.212. The van der Waals surface area contributed by atoms with Crippen molar-refractivity contribution < 1.29 is 4.74 Å². The fraction of sp³-hybridized carbons (Fsp3) is 0.429. The minimum atomic E-state index is 0.212. The fourth-order valence-corrected chi connectivity index (χ4v) is 2.64. The molecule has 2 aromatic rings. The SMILES string of the molecule is CCCNC(Cc1cncs1)c1cccnc1OC. The maximum Gasteiger partial charge on any atom is 0.217 e. The van der Waals surface area contributed by atoms with Crippen molar-refractivity contribution >= 4 is 11.3 Å². The average Bonchev–Trinajstić information content (AvgIpc) is 2.96. The number of rotatable bonds is 7. The lowest BCUT2D eigenvalue weighted by atomic mass is 10.0. The molecule has 2 aromatic heterocycles. The molecule has 2 rings (SSSR count). The molecule has 1 N–H and O–H groups in total. The zero-order valence-electron chi connectivity index (χ0n) is 11.3. The van der Waals surface area contributed by atoms with Crippen LogP contribution in [0.2, 0.25) is 0 Å². The molecule has 0 fully saturated rings. The molecular formula is C14H19N3OS. The molecule has 0 aliphatic carbocycles. The van der Waals surface area contributed by atoms with Crippen molar-refractivity contribution in [1.82, 2.24) is 15.3 Å². The highest BCUT2D eigenvalue weighted by Crippen LogP contribution is 2.26. The fourth-order valence-electron chi connectivity index (χ4n) is 1.99. The van der Waals surface area contributed by atoms with E-state index in [9.17, 15) is 0 Å². The Morgan fingerprint density at radius 3 is 3.05 bits per heavy atom. The molecule has 2 heterocycles. The summed E-state index contributed by atoms with van der Waals surface area (Å²) in [6.45, 7) is 3.14. The quantitative estimate of drug-likeness (QED) is 0.845. The van der Waals surface area contributed by atoms with Crippen LogP contribution < -0.4 is 10.1 Å². The summed E-state index contributed by atoms with van der Waals surface area (Å²) >= 11 is 1.68. The van der Waals surface area contributed by atoms with E-state index in [-0.39, 0.29) is 6.04 Å². The van der Waals surface area contributed by atoms with Crippen LogP contribution in [-0.4, -0.2) is 23.6 Å². The van der Waals surface area contributed by atoms with Crippen LogP contribution in [0.1, 0.15) is 29.8 Å². The molecule has 19 heavy (non-hydrogen) atoms. The van der Waals surface area contributed by atoms with Crippen LogP contribution in [0.25, 0.3) is 0 Å². The van der Waals surface area contributed by atoms with Crippen LogP contribution in [0.3, 0.4) is 0 Å². The van der Waals surface area contributed by atoms with Gasteiger partial charge in [0.1, 0.15) is 0 Å². The summed E-state index contributed by atoms with van der Waals surface area (Å²) in [5, 5.41) is 3.56. The van der Waals surface area contributed by atoms with Gasteiger partial charge in [0.2, 0.25) is 5.88 Å². The molecule has 1 atom stereocenters. The molecular weight excluding hydrogens is 258 g/mol. The monoisotopic (exact) mass is 277 g/mol. The topological polar surface area (TPSA) is 47.0 Å². The van der Waals surface area contributed by atoms with Crippen LogP contribution in [0, 0.1) is 0 Å². The van der Waals surface area contributed by atoms with Gasteiger partial charge in [-0.05, 0) is 19.0 Å². The second-order valence-corrected chi connectivity index (χ2v) is 5.25. The lowest BCUT2D eigenvalue weighted by molar-refractivity contribution is 0.382. The third-order valence-corrected chi connectivity index (χ3v) is 3.70. The third kappa shape index (κ3) is 3.75. The zero-order chi connectivity index (χ0) is 13.5. The Morgan fingerprint density at radius 1 is 1.47 bits per heavy atom. The molecule has 0 saturated heterocycles. The van der Waals surface area contributed by atoms with Gasteiger partial charge in [-0.3, -0.25) is 4.98 Å². The van der Waals surface area contributed by atoms with E-state index in [1.54, 1.807) is 24.6 Å². The number of ether oxygens (including phenoxy) is 1. The van der Waals surface area contributed by atoms with Gasteiger partial charge >= 0.3 is 0 Å². The van der Waals surface area contributed by atoms with Gasteiger partial charge in [0.05, 0.1) is 12.6 Å². The number of hydrogen-bond donors (Lipinski definition) is 1. The number of hydrogen-bond acceptors (Lipinski definition) is 5. The Bertz CT molecular complexity index is 487. The van der Waals surface area contributed by atoms with Crippen molar-refractivity contribution in [2.24, 2.45) is 0 Å². The van der Waals surface area contributed by atoms with E-state index in [2.05, 4.69) is 28.3 Å². The van der Waals surface area contributed by atoms with Gasteiger partial charge in [-0.15, -0.1) is 11.3 Å². The van der Waals surface area contributed by atoms with Gasteiger partial charge < -0.3 is 10.1 Å². The number of pyridine rings is 1. The van der Waals surface area contributed by atoms with E-state index >= 15 is 0 Å². The largest absolute Gasteiger partial charge is 0.481 e. The van der Waals surface area contributed by atoms with Crippen molar-refractivity contribution in [3.05, 3.63) is 40.5 Å². The first kappa shape index (κ1) is 14.0. The number of thiazole rings is 1. The number of methoxy groups -OCH3 is 1. The lowest BCUT2D eigenvalue weighted by Gasteiger charge is -2.19. The molecule has 0 bridgehead atoms. The third-order valence-electron chi connectivity index (χ3n) is 2.90. The summed E-state index contributed by atoms with van der Waals surface area (Å²) in [5.41, 5.74) is 2.97. The molecule has 0 spiro atoms. The molecule has 0 radical (unpaired) electrons. The van der Waals surface area contributed by atoms with Crippen molar-refractivity contribution in [2.45, 2.75) is 25.8 Å². The Hall–Kier alpha value is -1.46. The average molecular weight is 277 g/mol. The first-order chi connectivity index (χ1) is 9.35. The molecule has 0 aromatic carbocycles. The molecule has 1 unspecified atom stereocenters. The number of aromatic nitrogens is 2. The highest BCUT2D eigenvalue weighted by molar-refractivity contribution is 7.09. The standard InChI is InChI=1S/C14H19N3OS/c1-3-6-16-13(8-11-9-15-10-19-11)12-5-4-7-17-14(12)18-2/h4-5,7,9-10,13,16H,3,6,8H2,1-2H3. The first-order valence-electron chi connectivity index (χ1n) is 6.44. The maximum atomic E-state index is 5.36. The van der Waals surface area contributed by atoms with Crippen LogP contribution in [0.15, 0.2) is 30.0 Å². The highest BCUT2D eigenvalue weighted by Gasteiger charge is 2.17. The van der Waals surface area contributed by atoms with E-state index in [1.165, 1.54) is 4.88 Å². The summed E-state index contributed by atoms with van der Waals surface area (Å²) < 4.78 is 5.36. The summed E-state index contributed by atoms with van der Waals surface area (Å²) in [7, 11) is 1.66. The van der Waals surface area contributed by atoms with Gasteiger partial charge in [-0.2, -0.15) is 0 Å². The lowest BCUT2D eigenvalue weighted by Crippen LogP contribution is -2.24. The van der Waals surface area contributed by atoms with Gasteiger partial charge in [0.25, 0.3) is 0 Å². The Kier molecular flexibility index (Phi) is 5.30. The molecule has 5 heteroatoms. The molecule has 0 saturated carbocycles. The van der Waals surface area contributed by atoms with Crippen LogP contribution in [-0.2, 0) is 6.42 Å². The predicted molar refractivity (Wildman–Crippen MR) is 77.6 cm³/mol. The Morgan fingerprint density at radius 2 is 2.37 bits per heavy atom. The molecule has 0 aliphatic heterocycles. The zero-order valence-corrected chi connectivity index (χ0v) is 12.1. The van der Waals surface area contributed by atoms with Crippen LogP contribution >= 0.6 is 11.3 Å². The van der Waals surface area contributed by atoms with Crippen LogP contribution in [0.4, 0.5) is 0 Å². The van der Waals surface area contributed by atoms with Gasteiger partial charge in [-0.25, -0.2) is 4.98 Å². The van der Waals surface area contributed by atoms with E-state index in [0.717, 1.165) is 24.9 Å². The summed E-state index contributed by atoms with van der Waals surface area (Å²) in [4.78, 5) is 9.68. The normalized spacial score (nSPS) is 12.3. The van der Waals surface area contributed by atoms with E-state index < -0.39 is 0 Å². The number of nitrogens with one attached hydrogen (secondary N) is 1. The molecule has 4 nitrogen and oxygen atoms in total. The molecule has 0 aliphatic rings. The Labute approximate surface area is 117 Å². The smallest absolute Gasteiger partial charge is 0.217 e. The predicted octanol–water partition coefficient (Wildman–Crippen LogP) is 2.83. The van der Waals surface area contributed by atoms with E-state index in [4.69, 9.17) is 4.74 Å². The van der Waals surface area contributed by atoms with Gasteiger partial charge in [0, 0.05) is 35.3 Å². The van der Waals surface area contributed by atoms with E-state index in [1.807, 2.05) is 17.8 Å². The Balaban J connectivity index is 2.20. The summed E-state index contributed by atoms with van der Waals surface area (Å²) in [5.74, 6) is 0.695. The van der Waals surface area contributed by atoms with Gasteiger partial charge in [-0.1, -0.05) is 13.0 Å². The van der Waals surface area contributed by atoms with Crippen molar-refractivity contribution in [2.75, 3.05) is 13.7 Å². The van der Waals surface area contributed by atoms with Crippen molar-refractivity contribution in [1.29, 1.82) is 0 Å². The highest BCUT2D eigenvalue weighted by atomic mass is 32.1. The van der Waals surface area contributed by atoms with Gasteiger partial charge in [0.15, 0.2) is 0 Å².